The minimum Gasteiger partial charge on any atom is -0.390 e. The van der Waals surface area contributed by atoms with E-state index in [1.807, 2.05) is 0 Å². The van der Waals surface area contributed by atoms with Crippen LogP contribution in [0.5, 0.6) is 0 Å². The van der Waals surface area contributed by atoms with Gasteiger partial charge in [-0.25, -0.2) is 17.2 Å². The number of nitrogens with one attached hydrogen (secondary N) is 1. The summed E-state index contributed by atoms with van der Waals surface area (Å²) in [7, 11) is -3.85. The summed E-state index contributed by atoms with van der Waals surface area (Å²) in [5.41, 5.74) is -0.813. The highest BCUT2D eigenvalue weighted by molar-refractivity contribution is 7.92. The Labute approximate surface area is 190 Å². The highest BCUT2D eigenvalue weighted by Gasteiger charge is 2.53. The van der Waals surface area contributed by atoms with E-state index in [0.29, 0.717) is 12.8 Å². The summed E-state index contributed by atoms with van der Waals surface area (Å²) in [5.74, 6) is -2.95. The lowest BCUT2D eigenvalue weighted by molar-refractivity contribution is -0.0413. The van der Waals surface area contributed by atoms with E-state index in [9.17, 15) is 27.1 Å². The third-order valence-corrected chi connectivity index (χ3v) is 9.79. The van der Waals surface area contributed by atoms with Crippen molar-refractivity contribution in [2.45, 2.75) is 55.3 Å². The number of carbonyl (C=O) groups is 1. The van der Waals surface area contributed by atoms with Gasteiger partial charge in [0.05, 0.1) is 20.8 Å². The summed E-state index contributed by atoms with van der Waals surface area (Å²) >= 11 is 6.22. The van der Waals surface area contributed by atoms with Crippen LogP contribution in [0.1, 0.15) is 48.5 Å². The average molecular weight is 484 g/mol. The quantitative estimate of drug-likeness (QED) is 0.648. The highest BCUT2D eigenvalue weighted by Crippen LogP contribution is 2.51. The third-order valence-electron chi connectivity index (χ3n) is 7.14. The van der Waals surface area contributed by atoms with Gasteiger partial charge in [-0.1, -0.05) is 11.6 Å². The van der Waals surface area contributed by atoms with Gasteiger partial charge >= 0.3 is 0 Å². The second kappa shape index (κ2) is 8.08. The molecule has 0 heterocycles. The van der Waals surface area contributed by atoms with Crippen LogP contribution >= 0.6 is 11.6 Å². The van der Waals surface area contributed by atoms with Gasteiger partial charge in [-0.3, -0.25) is 4.79 Å². The molecule has 2 aliphatic carbocycles. The van der Waals surface area contributed by atoms with Crippen LogP contribution in [-0.4, -0.2) is 30.3 Å². The molecule has 2 aromatic rings. The molecule has 0 radical (unpaired) electrons. The third kappa shape index (κ3) is 3.82. The van der Waals surface area contributed by atoms with Crippen molar-refractivity contribution in [3.63, 3.8) is 0 Å². The van der Waals surface area contributed by atoms with E-state index in [1.165, 1.54) is 31.2 Å². The minimum atomic E-state index is -3.85. The number of sulfone groups is 1. The molecule has 0 aliphatic heterocycles. The lowest BCUT2D eigenvalue weighted by Gasteiger charge is -2.40. The van der Waals surface area contributed by atoms with Crippen LogP contribution in [0.25, 0.3) is 0 Å². The van der Waals surface area contributed by atoms with Gasteiger partial charge in [-0.15, -0.1) is 0 Å². The van der Waals surface area contributed by atoms with Crippen LogP contribution in [0.3, 0.4) is 0 Å². The molecule has 0 aromatic heterocycles. The molecular formula is C23H24ClF2NO4S. The molecule has 2 aromatic carbocycles. The maximum Gasteiger partial charge on any atom is 0.255 e. The van der Waals surface area contributed by atoms with Crippen LogP contribution in [-0.2, 0) is 9.84 Å². The Morgan fingerprint density at radius 1 is 1.16 bits per heavy atom. The van der Waals surface area contributed by atoms with Crippen LogP contribution in [0.4, 0.5) is 14.5 Å². The Morgan fingerprint density at radius 3 is 2.41 bits per heavy atom. The topological polar surface area (TPSA) is 83.5 Å². The van der Waals surface area contributed by atoms with E-state index in [0.717, 1.165) is 18.9 Å². The molecule has 0 saturated heterocycles. The van der Waals surface area contributed by atoms with Gasteiger partial charge < -0.3 is 10.4 Å². The zero-order valence-electron chi connectivity index (χ0n) is 17.7. The smallest absolute Gasteiger partial charge is 0.255 e. The number of fused-ring (bicyclic) bond motifs is 2. The van der Waals surface area contributed by atoms with Gasteiger partial charge in [-0.2, -0.15) is 0 Å². The van der Waals surface area contributed by atoms with Crippen molar-refractivity contribution in [1.29, 1.82) is 0 Å². The Kier molecular flexibility index (Phi) is 5.84. The number of anilines is 1. The zero-order chi connectivity index (χ0) is 23.4. The molecule has 4 rings (SSSR count). The van der Waals surface area contributed by atoms with Gasteiger partial charge in [0, 0.05) is 16.8 Å². The monoisotopic (exact) mass is 483 g/mol. The van der Waals surface area contributed by atoms with Crippen molar-refractivity contribution in [2.75, 3.05) is 5.32 Å². The maximum atomic E-state index is 13.8. The first-order valence-corrected chi connectivity index (χ1v) is 12.4. The number of benzene rings is 2. The molecule has 2 N–H and O–H groups in total. The first kappa shape index (κ1) is 23.1. The molecule has 0 spiro atoms. The van der Waals surface area contributed by atoms with Crippen molar-refractivity contribution in [3.8, 4) is 0 Å². The Balaban J connectivity index is 1.62. The lowest BCUT2D eigenvalue weighted by atomic mass is 9.76. The lowest BCUT2D eigenvalue weighted by Crippen LogP contribution is -2.45. The second-order valence-corrected chi connectivity index (χ2v) is 11.6. The van der Waals surface area contributed by atoms with E-state index >= 15 is 0 Å². The van der Waals surface area contributed by atoms with Crippen molar-refractivity contribution >= 4 is 33.0 Å². The predicted molar refractivity (Wildman–Crippen MR) is 118 cm³/mol. The van der Waals surface area contributed by atoms with Gasteiger partial charge in [0.2, 0.25) is 0 Å². The van der Waals surface area contributed by atoms with Crippen LogP contribution < -0.4 is 5.32 Å². The molecule has 1 amide bonds. The standard InChI is InChI=1S/C23H24ClF2NO4S/c1-12-19(8-7-18(25)21(12)26)27-22(28)13-3-6-17(24)20(9-13)32(30,31)16-10-14-4-5-15(11-16)23(14,2)29/h3,6-9,14-16,29H,4-5,10-11H2,1-2H3,(H,27,28)/t14?,15?,16-,23-. The summed E-state index contributed by atoms with van der Waals surface area (Å²) < 4.78 is 54.0. The number of hydrogen-bond acceptors (Lipinski definition) is 4. The van der Waals surface area contributed by atoms with E-state index < -0.39 is 38.2 Å². The Morgan fingerprint density at radius 2 is 1.78 bits per heavy atom. The fourth-order valence-electron chi connectivity index (χ4n) is 5.04. The summed E-state index contributed by atoms with van der Waals surface area (Å²) in [6.45, 7) is 3.11. The molecule has 32 heavy (non-hydrogen) atoms. The number of aliphatic hydroxyl groups is 1. The average Bonchev–Trinajstić information content (AvgIpc) is 2.91. The SMILES string of the molecule is Cc1c(NC(=O)c2ccc(Cl)c(S(=O)(=O)[C@H]3CC4CCC(C3)[C@@]4(C)O)c2)ccc(F)c1F. The molecule has 2 aliphatic rings. The molecule has 9 heteroatoms. The predicted octanol–water partition coefficient (Wildman–Crippen LogP) is 4.89. The number of hydrogen-bond donors (Lipinski definition) is 2. The van der Waals surface area contributed by atoms with Crippen molar-refractivity contribution in [1.82, 2.24) is 0 Å². The normalized spacial score (nSPS) is 27.4. The number of carbonyl (C=O) groups excluding carboxylic acids is 1. The van der Waals surface area contributed by atoms with Crippen LogP contribution in [0, 0.1) is 30.4 Å². The molecular weight excluding hydrogens is 460 g/mol. The summed E-state index contributed by atoms with van der Waals surface area (Å²) in [6, 6.07) is 6.08. The van der Waals surface area contributed by atoms with Gasteiger partial charge in [-0.05, 0) is 81.7 Å². The molecule has 2 saturated carbocycles. The van der Waals surface area contributed by atoms with Crippen molar-refractivity contribution in [3.05, 3.63) is 58.1 Å². The Bertz CT molecular complexity index is 1180. The largest absolute Gasteiger partial charge is 0.390 e. The van der Waals surface area contributed by atoms with E-state index in [4.69, 9.17) is 11.6 Å². The first-order chi connectivity index (χ1) is 14.9. The summed E-state index contributed by atoms with van der Waals surface area (Å²) in [5, 5.41) is 12.5. The molecule has 2 bridgehead atoms. The second-order valence-electron chi connectivity index (χ2n) is 8.97. The fourth-order valence-corrected chi connectivity index (χ4v) is 7.44. The van der Waals surface area contributed by atoms with E-state index in [1.54, 1.807) is 6.92 Å². The van der Waals surface area contributed by atoms with Gasteiger partial charge in [0.25, 0.3) is 5.91 Å². The Hall–Kier alpha value is -2.03. The van der Waals surface area contributed by atoms with Crippen LogP contribution in [0.15, 0.2) is 35.2 Å². The maximum absolute atomic E-state index is 13.8. The number of amides is 1. The molecule has 2 fully saturated rings. The fraction of sp³-hybridized carbons (Fsp3) is 0.435. The number of halogens is 3. The minimum absolute atomic E-state index is 0.00948. The molecule has 2 unspecified atom stereocenters. The zero-order valence-corrected chi connectivity index (χ0v) is 19.2. The number of rotatable bonds is 4. The van der Waals surface area contributed by atoms with Crippen LogP contribution in [0.2, 0.25) is 5.02 Å². The summed E-state index contributed by atoms with van der Waals surface area (Å²) in [4.78, 5) is 12.6. The van der Waals surface area contributed by atoms with Crippen molar-refractivity contribution < 1.29 is 27.1 Å². The molecule has 5 nitrogen and oxygen atoms in total. The highest BCUT2D eigenvalue weighted by atomic mass is 35.5. The van der Waals surface area contributed by atoms with E-state index in [-0.39, 0.29) is 38.6 Å². The summed E-state index contributed by atoms with van der Waals surface area (Å²) in [6.07, 6.45) is 2.25. The van der Waals surface area contributed by atoms with Crippen molar-refractivity contribution in [2.24, 2.45) is 11.8 Å². The van der Waals surface area contributed by atoms with Gasteiger partial charge in [0.15, 0.2) is 21.5 Å². The molecule has 172 valence electrons. The van der Waals surface area contributed by atoms with E-state index in [2.05, 4.69) is 5.32 Å². The molecule has 2 atom stereocenters. The first-order valence-electron chi connectivity index (χ1n) is 10.4. The van der Waals surface area contributed by atoms with Gasteiger partial charge in [0.1, 0.15) is 0 Å².